The van der Waals surface area contributed by atoms with Crippen LogP contribution >= 0.6 is 0 Å². The van der Waals surface area contributed by atoms with Crippen LogP contribution in [0.25, 0.3) is 0 Å². The number of hydrogen-bond acceptors (Lipinski definition) is 6. The van der Waals surface area contributed by atoms with Crippen molar-refractivity contribution in [1.29, 1.82) is 0 Å². The summed E-state index contributed by atoms with van der Waals surface area (Å²) in [6.07, 6.45) is 7.22. The van der Waals surface area contributed by atoms with Gasteiger partial charge in [0.2, 0.25) is 5.95 Å². The number of carbonyl (C=O) groups is 1. The van der Waals surface area contributed by atoms with Gasteiger partial charge >= 0.3 is 6.03 Å². The van der Waals surface area contributed by atoms with Gasteiger partial charge in [-0.2, -0.15) is 0 Å². The Kier molecular flexibility index (Phi) is 4.27. The minimum atomic E-state index is -4.17. The van der Waals surface area contributed by atoms with Crippen molar-refractivity contribution in [3.05, 3.63) is 47.2 Å². The number of urea groups is 1. The predicted molar refractivity (Wildman–Crippen MR) is 74.2 cm³/mol. The average Bonchev–Trinajstić information content (AvgIpc) is 2.47. The number of nitrogens with zero attached hydrogens (tertiary/aromatic N) is 2. The molecule has 21 heavy (non-hydrogen) atoms. The standard InChI is InChI=1S/C12H10N4O4S/c17-8-9-4-1-2-5-10(9)21(19,20)16-12(18)15-11-13-6-3-7-14-11/h1-3,5-7H,4H2,(H2,13,14,15,16,18). The Labute approximate surface area is 120 Å². The second kappa shape index (κ2) is 6.12. The Hall–Kier alpha value is -2.77. The van der Waals surface area contributed by atoms with Gasteiger partial charge in [-0.05, 0) is 12.1 Å². The summed E-state index contributed by atoms with van der Waals surface area (Å²) in [5.41, 5.74) is -0.0474. The lowest BCUT2D eigenvalue weighted by atomic mass is 10.1. The number of carbonyl (C=O) groups excluding carboxylic acids is 2. The molecule has 1 aromatic rings. The molecule has 0 spiro atoms. The summed E-state index contributed by atoms with van der Waals surface area (Å²) in [4.78, 5) is 29.5. The van der Waals surface area contributed by atoms with Gasteiger partial charge in [0.05, 0.1) is 5.57 Å². The molecule has 0 aliphatic heterocycles. The molecule has 0 bridgehead atoms. The van der Waals surface area contributed by atoms with E-state index in [-0.39, 0.29) is 22.8 Å². The lowest BCUT2D eigenvalue weighted by Crippen LogP contribution is -2.36. The summed E-state index contributed by atoms with van der Waals surface area (Å²) in [5, 5.41) is 2.17. The molecule has 0 atom stereocenters. The van der Waals surface area contributed by atoms with E-state index < -0.39 is 16.1 Å². The van der Waals surface area contributed by atoms with Gasteiger partial charge in [0, 0.05) is 18.8 Å². The largest absolute Gasteiger partial charge is 0.335 e. The Morgan fingerprint density at radius 2 is 2.00 bits per heavy atom. The Morgan fingerprint density at radius 1 is 1.29 bits per heavy atom. The van der Waals surface area contributed by atoms with Crippen LogP contribution in [0.2, 0.25) is 0 Å². The minimum absolute atomic E-state index is 0.0473. The number of aromatic nitrogens is 2. The maximum absolute atomic E-state index is 12.0. The van der Waals surface area contributed by atoms with E-state index in [0.29, 0.717) is 0 Å². The van der Waals surface area contributed by atoms with Gasteiger partial charge in [-0.3, -0.25) is 5.32 Å². The Balaban J connectivity index is 2.14. The van der Waals surface area contributed by atoms with Crippen molar-refractivity contribution in [3.63, 3.8) is 0 Å². The van der Waals surface area contributed by atoms with E-state index in [2.05, 4.69) is 15.3 Å². The van der Waals surface area contributed by atoms with E-state index >= 15 is 0 Å². The van der Waals surface area contributed by atoms with Crippen molar-refractivity contribution < 1.29 is 18.0 Å². The van der Waals surface area contributed by atoms with Gasteiger partial charge in [0.1, 0.15) is 10.8 Å². The minimum Gasteiger partial charge on any atom is -0.275 e. The van der Waals surface area contributed by atoms with E-state index in [1.165, 1.54) is 24.5 Å². The number of amides is 2. The van der Waals surface area contributed by atoms with Crippen molar-refractivity contribution in [2.45, 2.75) is 6.42 Å². The second-order valence-corrected chi connectivity index (χ2v) is 5.53. The number of allylic oxidation sites excluding steroid dienone is 4. The number of rotatable bonds is 3. The van der Waals surface area contributed by atoms with E-state index in [1.807, 2.05) is 0 Å². The molecule has 0 saturated heterocycles. The molecule has 8 nitrogen and oxygen atoms in total. The summed E-state index contributed by atoms with van der Waals surface area (Å²) < 4.78 is 25.9. The second-order valence-electron chi connectivity index (χ2n) is 3.88. The van der Waals surface area contributed by atoms with Crippen LogP contribution in [0.15, 0.2) is 47.2 Å². The van der Waals surface area contributed by atoms with Gasteiger partial charge in [-0.1, -0.05) is 12.2 Å². The molecule has 2 N–H and O–H groups in total. The van der Waals surface area contributed by atoms with Crippen LogP contribution in [0.1, 0.15) is 6.42 Å². The highest BCUT2D eigenvalue weighted by Gasteiger charge is 2.25. The normalized spacial score (nSPS) is 14.1. The molecular weight excluding hydrogens is 296 g/mol. The first-order valence-corrected chi connectivity index (χ1v) is 7.23. The van der Waals surface area contributed by atoms with E-state index in [1.54, 1.807) is 22.8 Å². The third kappa shape index (κ3) is 3.62. The van der Waals surface area contributed by atoms with Crippen LogP contribution in [0.5, 0.6) is 0 Å². The van der Waals surface area contributed by atoms with Gasteiger partial charge in [0.25, 0.3) is 10.0 Å². The van der Waals surface area contributed by atoms with Gasteiger partial charge in [-0.15, -0.1) is 0 Å². The number of nitrogens with one attached hydrogen (secondary N) is 2. The highest BCUT2D eigenvalue weighted by Crippen LogP contribution is 2.21. The molecule has 1 aliphatic carbocycles. The molecule has 108 valence electrons. The molecule has 0 radical (unpaired) electrons. The maximum atomic E-state index is 12.0. The zero-order valence-electron chi connectivity index (χ0n) is 10.6. The average molecular weight is 306 g/mol. The van der Waals surface area contributed by atoms with Crippen LogP contribution in [0, 0.1) is 0 Å². The van der Waals surface area contributed by atoms with Crippen LogP contribution in [-0.2, 0) is 14.8 Å². The van der Waals surface area contributed by atoms with Crippen molar-refractivity contribution in [1.82, 2.24) is 14.7 Å². The first-order valence-electron chi connectivity index (χ1n) is 5.75. The molecule has 1 aliphatic rings. The van der Waals surface area contributed by atoms with Crippen molar-refractivity contribution >= 4 is 27.9 Å². The van der Waals surface area contributed by atoms with E-state index in [4.69, 9.17) is 0 Å². The molecule has 9 heteroatoms. The summed E-state index contributed by atoms with van der Waals surface area (Å²) in [7, 11) is -4.17. The molecule has 0 fully saturated rings. The van der Waals surface area contributed by atoms with E-state index in [9.17, 15) is 18.0 Å². The quantitative estimate of drug-likeness (QED) is 0.786. The molecule has 0 unspecified atom stereocenters. The summed E-state index contributed by atoms with van der Waals surface area (Å²) >= 11 is 0. The lowest BCUT2D eigenvalue weighted by Gasteiger charge is -2.12. The molecule has 0 saturated carbocycles. The first kappa shape index (κ1) is 14.6. The number of sulfonamides is 1. The number of anilines is 1. The van der Waals surface area contributed by atoms with Crippen molar-refractivity contribution in [2.24, 2.45) is 0 Å². The fourth-order valence-electron chi connectivity index (χ4n) is 1.55. The van der Waals surface area contributed by atoms with E-state index in [0.717, 1.165) is 0 Å². The SMILES string of the molecule is O=C=C1CC=CC=C1S(=O)(=O)NC(=O)Nc1ncccn1. The zero-order valence-corrected chi connectivity index (χ0v) is 11.4. The Bertz CT molecular complexity index is 762. The molecule has 2 rings (SSSR count). The monoisotopic (exact) mass is 306 g/mol. The van der Waals surface area contributed by atoms with Crippen LogP contribution in [0.4, 0.5) is 10.7 Å². The molecule has 0 aromatic carbocycles. The van der Waals surface area contributed by atoms with Crippen molar-refractivity contribution in [2.75, 3.05) is 5.32 Å². The van der Waals surface area contributed by atoms with Crippen molar-refractivity contribution in [3.8, 4) is 0 Å². The third-order valence-electron chi connectivity index (χ3n) is 2.43. The lowest BCUT2D eigenvalue weighted by molar-refractivity contribution is 0.256. The highest BCUT2D eigenvalue weighted by molar-refractivity contribution is 7.94. The van der Waals surface area contributed by atoms with Gasteiger partial charge < -0.3 is 0 Å². The summed E-state index contributed by atoms with van der Waals surface area (Å²) in [6.45, 7) is 0. The fraction of sp³-hybridized carbons (Fsp3) is 0.0833. The third-order valence-corrected chi connectivity index (χ3v) is 3.85. The number of hydrogen-bond donors (Lipinski definition) is 2. The van der Waals surface area contributed by atoms with Crippen LogP contribution in [0.3, 0.4) is 0 Å². The molecule has 2 amide bonds. The van der Waals surface area contributed by atoms with Gasteiger partial charge in [0.15, 0.2) is 0 Å². The predicted octanol–water partition coefficient (Wildman–Crippen LogP) is 0.530. The molecular formula is C12H10N4O4S. The highest BCUT2D eigenvalue weighted by atomic mass is 32.2. The summed E-state index contributed by atoms with van der Waals surface area (Å²) in [6, 6.07) is 0.516. The molecule has 1 heterocycles. The maximum Gasteiger partial charge on any atom is 0.335 e. The Morgan fingerprint density at radius 3 is 2.67 bits per heavy atom. The first-order chi connectivity index (χ1) is 10.0. The summed E-state index contributed by atoms with van der Waals surface area (Å²) in [5.74, 6) is 1.51. The molecule has 1 aromatic heterocycles. The zero-order chi connectivity index (χ0) is 15.3. The van der Waals surface area contributed by atoms with Crippen LogP contribution in [-0.4, -0.2) is 30.4 Å². The van der Waals surface area contributed by atoms with Gasteiger partial charge in [-0.25, -0.2) is 32.7 Å². The fourth-order valence-corrected chi connectivity index (χ4v) is 2.67. The smallest absolute Gasteiger partial charge is 0.275 e. The van der Waals surface area contributed by atoms with Crippen LogP contribution < -0.4 is 10.0 Å². The topological polar surface area (TPSA) is 118 Å².